The van der Waals surface area contributed by atoms with Gasteiger partial charge in [0.25, 0.3) is 0 Å². The molecule has 1 atom stereocenters. The number of hydrogen-bond donors (Lipinski definition) is 1. The van der Waals surface area contributed by atoms with Crippen molar-refractivity contribution < 1.29 is 18.5 Å². The fraction of sp³-hybridized carbons (Fsp3) is 1.00. The molecule has 0 spiro atoms. The largest absolute Gasteiger partial charge is 0.472 e. The molecule has 0 amide bonds. The highest BCUT2D eigenvalue weighted by molar-refractivity contribution is 9.09. The van der Waals surface area contributed by atoms with Crippen molar-refractivity contribution in [2.24, 2.45) is 0 Å². The minimum absolute atomic E-state index is 0.187. The Morgan fingerprint density at radius 2 is 1.00 bits per heavy atom. The van der Waals surface area contributed by atoms with E-state index in [1.807, 2.05) is 0 Å². The molecule has 0 aliphatic carbocycles. The number of phosphoric acid groups is 1. The van der Waals surface area contributed by atoms with E-state index >= 15 is 0 Å². The summed E-state index contributed by atoms with van der Waals surface area (Å²) in [4.78, 5) is 9.36. The average Bonchev–Trinajstić information content (AvgIpc) is 2.62. The van der Waals surface area contributed by atoms with Crippen molar-refractivity contribution in [1.82, 2.24) is 0 Å². The second kappa shape index (κ2) is 20.3. The van der Waals surface area contributed by atoms with E-state index in [1.54, 1.807) is 0 Å². The topological polar surface area (TPSA) is 55.8 Å². The van der Waals surface area contributed by atoms with Crippen molar-refractivity contribution in [3.63, 3.8) is 0 Å². The van der Waals surface area contributed by atoms with E-state index in [-0.39, 0.29) is 6.61 Å². The van der Waals surface area contributed by atoms with E-state index in [9.17, 15) is 9.46 Å². The molecule has 0 aromatic rings. The molecular weight excluding hydrogens is 415 g/mol. The van der Waals surface area contributed by atoms with Crippen LogP contribution in [0.1, 0.15) is 110 Å². The Morgan fingerprint density at radius 1 is 0.654 bits per heavy atom. The van der Waals surface area contributed by atoms with E-state index in [1.165, 1.54) is 89.9 Å². The molecule has 0 heterocycles. The molecule has 0 aliphatic heterocycles. The molecular formula is C20H42BrO4P. The predicted molar refractivity (Wildman–Crippen MR) is 115 cm³/mol. The summed E-state index contributed by atoms with van der Waals surface area (Å²) in [5.74, 6) is 0. The molecule has 0 saturated carbocycles. The summed E-state index contributed by atoms with van der Waals surface area (Å²) < 4.78 is 21.1. The molecule has 26 heavy (non-hydrogen) atoms. The van der Waals surface area contributed by atoms with Gasteiger partial charge in [-0.3, -0.25) is 9.05 Å². The summed E-state index contributed by atoms with van der Waals surface area (Å²) >= 11 is 3.14. The van der Waals surface area contributed by atoms with E-state index in [4.69, 9.17) is 9.05 Å². The molecule has 0 saturated heterocycles. The van der Waals surface area contributed by atoms with Crippen LogP contribution in [-0.4, -0.2) is 23.4 Å². The minimum Gasteiger partial charge on any atom is -0.302 e. The maximum atomic E-state index is 11.4. The van der Waals surface area contributed by atoms with Gasteiger partial charge in [-0.1, -0.05) is 119 Å². The van der Waals surface area contributed by atoms with Crippen LogP contribution in [0, 0.1) is 0 Å². The highest BCUT2D eigenvalue weighted by atomic mass is 79.9. The Hall–Kier alpha value is 0.590. The van der Waals surface area contributed by atoms with E-state index < -0.39 is 7.82 Å². The van der Waals surface area contributed by atoms with Crippen LogP contribution in [0.15, 0.2) is 0 Å². The van der Waals surface area contributed by atoms with Crippen molar-refractivity contribution in [2.45, 2.75) is 110 Å². The molecule has 6 heteroatoms. The third kappa shape index (κ3) is 20.9. The predicted octanol–water partition coefficient (Wildman–Crippen LogP) is 7.78. The number of phosphoric ester groups is 1. The lowest BCUT2D eigenvalue weighted by molar-refractivity contribution is 0.154. The first-order chi connectivity index (χ1) is 12.6. The van der Waals surface area contributed by atoms with Crippen LogP contribution < -0.4 is 0 Å². The second-order valence-corrected chi connectivity index (χ2v) is 9.37. The van der Waals surface area contributed by atoms with Crippen LogP contribution in [0.3, 0.4) is 0 Å². The molecule has 0 radical (unpaired) electrons. The van der Waals surface area contributed by atoms with Gasteiger partial charge in [0.2, 0.25) is 0 Å². The van der Waals surface area contributed by atoms with Crippen molar-refractivity contribution >= 4 is 23.8 Å². The summed E-state index contributed by atoms with van der Waals surface area (Å²) in [7, 11) is -3.83. The zero-order valence-corrected chi connectivity index (χ0v) is 19.4. The van der Waals surface area contributed by atoms with Gasteiger partial charge >= 0.3 is 7.82 Å². The number of unbranched alkanes of at least 4 members (excludes halogenated alkanes) is 15. The van der Waals surface area contributed by atoms with Gasteiger partial charge in [-0.15, -0.1) is 0 Å². The maximum absolute atomic E-state index is 11.4. The zero-order chi connectivity index (χ0) is 19.3. The lowest BCUT2D eigenvalue weighted by Crippen LogP contribution is -1.99. The summed E-state index contributed by atoms with van der Waals surface area (Å²) in [6, 6.07) is 0. The molecule has 0 rings (SSSR count). The SMILES string of the molecule is CCCCCCCCCCCCCCCCCCOP(=O)(O)OCCBr. The van der Waals surface area contributed by atoms with E-state index in [0.29, 0.717) is 11.9 Å². The van der Waals surface area contributed by atoms with Crippen LogP contribution in [0.25, 0.3) is 0 Å². The molecule has 1 N–H and O–H groups in total. The lowest BCUT2D eigenvalue weighted by Gasteiger charge is -2.11. The van der Waals surface area contributed by atoms with Gasteiger partial charge in [0.1, 0.15) is 0 Å². The summed E-state index contributed by atoms with van der Waals surface area (Å²) in [5, 5.41) is 0.528. The van der Waals surface area contributed by atoms with Gasteiger partial charge < -0.3 is 4.89 Å². The number of hydrogen-bond acceptors (Lipinski definition) is 3. The van der Waals surface area contributed by atoms with Gasteiger partial charge in [-0.2, -0.15) is 0 Å². The van der Waals surface area contributed by atoms with Gasteiger partial charge in [-0.25, -0.2) is 4.57 Å². The van der Waals surface area contributed by atoms with E-state index in [0.717, 1.165) is 12.8 Å². The Balaban J connectivity index is 3.14. The Kier molecular flexibility index (Phi) is 20.8. The minimum atomic E-state index is -3.83. The summed E-state index contributed by atoms with van der Waals surface area (Å²) in [6.07, 6.45) is 21.0. The van der Waals surface area contributed by atoms with Crippen molar-refractivity contribution in [1.29, 1.82) is 0 Å². The summed E-state index contributed by atoms with van der Waals surface area (Å²) in [6.45, 7) is 2.76. The van der Waals surface area contributed by atoms with Crippen molar-refractivity contribution in [3.05, 3.63) is 0 Å². The third-order valence-corrected chi connectivity index (χ3v) is 5.93. The fourth-order valence-electron chi connectivity index (χ4n) is 3.02. The molecule has 4 nitrogen and oxygen atoms in total. The molecule has 0 aliphatic rings. The number of alkyl halides is 1. The number of halogens is 1. The average molecular weight is 457 g/mol. The maximum Gasteiger partial charge on any atom is 0.472 e. The standard InChI is InChI=1S/C20H42BrO4P/c1-2-3-4-5-6-7-8-9-10-11-12-13-14-15-16-17-19-24-26(22,23)25-20-18-21/h2-20H2,1H3,(H,22,23). The van der Waals surface area contributed by atoms with Crippen LogP contribution in [-0.2, 0) is 13.6 Å². The lowest BCUT2D eigenvalue weighted by atomic mass is 10.0. The smallest absolute Gasteiger partial charge is 0.302 e. The first-order valence-corrected chi connectivity index (χ1v) is 13.4. The molecule has 0 bridgehead atoms. The normalized spacial score (nSPS) is 13.8. The van der Waals surface area contributed by atoms with Crippen LogP contribution in [0.4, 0.5) is 0 Å². The number of rotatable bonds is 21. The molecule has 0 fully saturated rings. The van der Waals surface area contributed by atoms with Crippen LogP contribution >= 0.6 is 23.8 Å². The van der Waals surface area contributed by atoms with Crippen LogP contribution in [0.2, 0.25) is 0 Å². The fourth-order valence-corrected chi connectivity index (χ4v) is 4.19. The van der Waals surface area contributed by atoms with Gasteiger partial charge in [0, 0.05) is 5.33 Å². The third-order valence-electron chi connectivity index (χ3n) is 4.58. The second-order valence-electron chi connectivity index (χ2n) is 7.13. The Morgan fingerprint density at radius 3 is 1.38 bits per heavy atom. The first-order valence-electron chi connectivity index (χ1n) is 10.8. The highest BCUT2D eigenvalue weighted by Crippen LogP contribution is 2.43. The Labute approximate surface area is 170 Å². The molecule has 158 valence electrons. The Bertz CT molecular complexity index is 329. The highest BCUT2D eigenvalue weighted by Gasteiger charge is 2.19. The first kappa shape index (κ1) is 26.6. The van der Waals surface area contributed by atoms with Gasteiger partial charge in [0.15, 0.2) is 0 Å². The molecule has 0 aromatic carbocycles. The molecule has 0 aromatic heterocycles. The molecule has 1 unspecified atom stereocenters. The van der Waals surface area contributed by atoms with Crippen molar-refractivity contribution in [3.8, 4) is 0 Å². The van der Waals surface area contributed by atoms with Crippen molar-refractivity contribution in [2.75, 3.05) is 18.5 Å². The zero-order valence-electron chi connectivity index (χ0n) is 16.9. The quantitative estimate of drug-likeness (QED) is 0.109. The van der Waals surface area contributed by atoms with Gasteiger partial charge in [0.05, 0.1) is 13.2 Å². The van der Waals surface area contributed by atoms with Crippen LogP contribution in [0.5, 0.6) is 0 Å². The van der Waals surface area contributed by atoms with E-state index in [2.05, 4.69) is 22.9 Å². The summed E-state index contributed by atoms with van der Waals surface area (Å²) in [5.41, 5.74) is 0. The van der Waals surface area contributed by atoms with Gasteiger partial charge in [-0.05, 0) is 6.42 Å². The monoisotopic (exact) mass is 456 g/mol.